The van der Waals surface area contributed by atoms with Crippen LogP contribution in [0.4, 0.5) is 4.79 Å². The Labute approximate surface area is 129 Å². The van der Waals surface area contributed by atoms with E-state index in [0.29, 0.717) is 12.1 Å². The Bertz CT molecular complexity index is 617. The van der Waals surface area contributed by atoms with E-state index in [0.717, 1.165) is 5.56 Å². The van der Waals surface area contributed by atoms with Crippen molar-refractivity contribution in [2.75, 3.05) is 0 Å². The number of urea groups is 1. The monoisotopic (exact) mass is 303 g/mol. The molecule has 1 atom stereocenters. The molecule has 1 unspecified atom stereocenters. The van der Waals surface area contributed by atoms with Gasteiger partial charge < -0.3 is 10.6 Å². The summed E-state index contributed by atoms with van der Waals surface area (Å²) in [7, 11) is 0. The van der Waals surface area contributed by atoms with Gasteiger partial charge in [-0.15, -0.1) is 0 Å². The zero-order chi connectivity index (χ0) is 16.5. The minimum absolute atomic E-state index is 0.0222. The van der Waals surface area contributed by atoms with Gasteiger partial charge in [0.1, 0.15) is 5.54 Å². The molecule has 3 N–H and O–H groups in total. The van der Waals surface area contributed by atoms with Crippen LogP contribution in [0, 0.1) is 5.41 Å². The Kier molecular flexibility index (Phi) is 3.96. The third-order valence-corrected chi connectivity index (χ3v) is 3.71. The van der Waals surface area contributed by atoms with Gasteiger partial charge in [0.05, 0.1) is 0 Å². The molecular weight excluding hydrogens is 282 g/mol. The SMILES string of the molecule is CC(C)(C)C(=O)NCc1ccc(C2(C)NC(=O)NC2=O)cc1. The van der Waals surface area contributed by atoms with Crippen LogP contribution in [0.25, 0.3) is 0 Å². The van der Waals surface area contributed by atoms with Gasteiger partial charge in [-0.3, -0.25) is 14.9 Å². The predicted octanol–water partition coefficient (Wildman–Crippen LogP) is 1.40. The number of imide groups is 1. The second kappa shape index (κ2) is 5.44. The Morgan fingerprint density at radius 1 is 1.18 bits per heavy atom. The normalized spacial score (nSPS) is 21.3. The first-order valence-corrected chi connectivity index (χ1v) is 7.14. The molecule has 0 radical (unpaired) electrons. The Morgan fingerprint density at radius 3 is 2.23 bits per heavy atom. The van der Waals surface area contributed by atoms with E-state index >= 15 is 0 Å². The van der Waals surface area contributed by atoms with E-state index in [2.05, 4.69) is 16.0 Å². The summed E-state index contributed by atoms with van der Waals surface area (Å²) in [6.45, 7) is 7.64. The van der Waals surface area contributed by atoms with Crippen LogP contribution in [0.3, 0.4) is 0 Å². The molecule has 2 rings (SSSR count). The number of hydrogen-bond acceptors (Lipinski definition) is 3. The molecule has 1 aliphatic rings. The minimum atomic E-state index is -1.05. The van der Waals surface area contributed by atoms with Crippen LogP contribution in [0.2, 0.25) is 0 Å². The van der Waals surface area contributed by atoms with Gasteiger partial charge in [0, 0.05) is 12.0 Å². The lowest BCUT2D eigenvalue weighted by Gasteiger charge is -2.21. The molecule has 1 saturated heterocycles. The van der Waals surface area contributed by atoms with Gasteiger partial charge in [0.2, 0.25) is 5.91 Å². The van der Waals surface area contributed by atoms with Gasteiger partial charge in [-0.2, -0.15) is 0 Å². The zero-order valence-corrected chi connectivity index (χ0v) is 13.2. The summed E-state index contributed by atoms with van der Waals surface area (Å²) in [5.41, 5.74) is 0.139. The van der Waals surface area contributed by atoms with Gasteiger partial charge >= 0.3 is 6.03 Å². The van der Waals surface area contributed by atoms with E-state index in [9.17, 15) is 14.4 Å². The van der Waals surface area contributed by atoms with Crippen molar-refractivity contribution in [2.45, 2.75) is 39.8 Å². The summed E-state index contributed by atoms with van der Waals surface area (Å²) in [6, 6.07) is 6.74. The molecule has 0 spiro atoms. The van der Waals surface area contributed by atoms with Crippen LogP contribution in [-0.4, -0.2) is 17.8 Å². The second-order valence-corrected chi connectivity index (χ2v) is 6.66. The van der Waals surface area contributed by atoms with Crippen molar-refractivity contribution < 1.29 is 14.4 Å². The van der Waals surface area contributed by atoms with Crippen LogP contribution in [0.15, 0.2) is 24.3 Å². The summed E-state index contributed by atoms with van der Waals surface area (Å²) < 4.78 is 0. The number of carbonyl (C=O) groups excluding carboxylic acids is 3. The number of carbonyl (C=O) groups is 3. The average Bonchev–Trinajstić information content (AvgIpc) is 2.69. The topological polar surface area (TPSA) is 87.3 Å². The first-order valence-electron chi connectivity index (χ1n) is 7.14. The molecular formula is C16H21N3O3. The molecule has 1 fully saturated rings. The van der Waals surface area contributed by atoms with E-state index in [1.54, 1.807) is 19.1 Å². The summed E-state index contributed by atoms with van der Waals surface area (Å²) in [6.07, 6.45) is 0. The smallest absolute Gasteiger partial charge is 0.322 e. The highest BCUT2D eigenvalue weighted by atomic mass is 16.2. The van der Waals surface area contributed by atoms with Crippen molar-refractivity contribution in [1.82, 2.24) is 16.0 Å². The minimum Gasteiger partial charge on any atom is -0.352 e. The van der Waals surface area contributed by atoms with E-state index in [1.165, 1.54) is 0 Å². The van der Waals surface area contributed by atoms with Gasteiger partial charge in [-0.1, -0.05) is 45.0 Å². The maximum atomic E-state index is 11.9. The average molecular weight is 303 g/mol. The fourth-order valence-electron chi connectivity index (χ4n) is 2.15. The molecule has 6 nitrogen and oxygen atoms in total. The molecule has 22 heavy (non-hydrogen) atoms. The summed E-state index contributed by atoms with van der Waals surface area (Å²) >= 11 is 0. The molecule has 0 aromatic heterocycles. The standard InChI is InChI=1S/C16H21N3O3/c1-15(2,3)12(20)17-9-10-5-7-11(8-6-10)16(4)13(21)18-14(22)19-16/h5-8H,9H2,1-4H3,(H,17,20)(H2,18,19,21,22). The van der Waals surface area contributed by atoms with Crippen molar-refractivity contribution in [3.05, 3.63) is 35.4 Å². The van der Waals surface area contributed by atoms with E-state index in [4.69, 9.17) is 0 Å². The number of amides is 4. The van der Waals surface area contributed by atoms with Crippen LogP contribution in [-0.2, 0) is 21.7 Å². The van der Waals surface area contributed by atoms with Crippen molar-refractivity contribution in [2.24, 2.45) is 5.41 Å². The van der Waals surface area contributed by atoms with Crippen molar-refractivity contribution >= 4 is 17.8 Å². The lowest BCUT2D eigenvalue weighted by atomic mass is 9.91. The maximum absolute atomic E-state index is 11.9. The highest BCUT2D eigenvalue weighted by Gasteiger charge is 2.43. The Balaban J connectivity index is 2.07. The third kappa shape index (κ3) is 3.10. The van der Waals surface area contributed by atoms with E-state index in [1.807, 2.05) is 32.9 Å². The number of nitrogens with one attached hydrogen (secondary N) is 3. The lowest BCUT2D eigenvalue weighted by molar-refractivity contribution is -0.128. The van der Waals surface area contributed by atoms with E-state index < -0.39 is 17.0 Å². The molecule has 0 bridgehead atoms. The fourth-order valence-corrected chi connectivity index (χ4v) is 2.15. The van der Waals surface area contributed by atoms with Gasteiger partial charge in [0.25, 0.3) is 5.91 Å². The predicted molar refractivity (Wildman–Crippen MR) is 81.8 cm³/mol. The number of hydrogen-bond donors (Lipinski definition) is 3. The fraction of sp³-hybridized carbons (Fsp3) is 0.438. The van der Waals surface area contributed by atoms with Crippen molar-refractivity contribution in [3.8, 4) is 0 Å². The highest BCUT2D eigenvalue weighted by molar-refractivity contribution is 6.07. The number of benzene rings is 1. The molecule has 0 aliphatic carbocycles. The third-order valence-electron chi connectivity index (χ3n) is 3.71. The summed E-state index contributed by atoms with van der Waals surface area (Å²) in [5.74, 6) is -0.391. The maximum Gasteiger partial charge on any atom is 0.322 e. The molecule has 6 heteroatoms. The molecule has 1 aliphatic heterocycles. The van der Waals surface area contributed by atoms with Crippen molar-refractivity contribution in [3.63, 3.8) is 0 Å². The molecule has 118 valence electrons. The van der Waals surface area contributed by atoms with Crippen LogP contribution in [0.1, 0.15) is 38.8 Å². The molecule has 1 aromatic rings. The molecule has 1 aromatic carbocycles. The highest BCUT2D eigenvalue weighted by Crippen LogP contribution is 2.24. The van der Waals surface area contributed by atoms with Crippen LogP contribution >= 0.6 is 0 Å². The molecule has 1 heterocycles. The first kappa shape index (κ1) is 16.0. The molecule has 4 amide bonds. The molecule has 0 saturated carbocycles. The first-order chi connectivity index (χ1) is 10.1. The lowest BCUT2D eigenvalue weighted by Crippen LogP contribution is -2.40. The van der Waals surface area contributed by atoms with Crippen molar-refractivity contribution in [1.29, 1.82) is 0 Å². The largest absolute Gasteiger partial charge is 0.352 e. The van der Waals surface area contributed by atoms with Crippen LogP contribution in [0.5, 0.6) is 0 Å². The Hall–Kier alpha value is -2.37. The zero-order valence-electron chi connectivity index (χ0n) is 13.2. The summed E-state index contributed by atoms with van der Waals surface area (Å²) in [4.78, 5) is 35.0. The van der Waals surface area contributed by atoms with Gasteiger partial charge in [0.15, 0.2) is 0 Å². The quantitative estimate of drug-likeness (QED) is 0.738. The van der Waals surface area contributed by atoms with Crippen LogP contribution < -0.4 is 16.0 Å². The van der Waals surface area contributed by atoms with Gasteiger partial charge in [-0.05, 0) is 18.1 Å². The summed E-state index contributed by atoms with van der Waals surface area (Å²) in [5, 5.41) is 7.71. The second-order valence-electron chi connectivity index (χ2n) is 6.66. The Morgan fingerprint density at radius 2 is 1.77 bits per heavy atom. The van der Waals surface area contributed by atoms with Gasteiger partial charge in [-0.25, -0.2) is 4.79 Å². The van der Waals surface area contributed by atoms with E-state index in [-0.39, 0.29) is 11.8 Å². The number of rotatable bonds is 3.